The number of anilines is 2. The number of hydrogen-bond acceptors (Lipinski definition) is 6. The molecule has 2 aliphatic rings. The van der Waals surface area contributed by atoms with E-state index in [2.05, 4.69) is 15.5 Å². The first-order chi connectivity index (χ1) is 14.8. The lowest BCUT2D eigenvalue weighted by atomic mass is 10.1. The summed E-state index contributed by atoms with van der Waals surface area (Å²) in [6, 6.07) is 4.78. The van der Waals surface area contributed by atoms with E-state index in [0.29, 0.717) is 62.9 Å². The number of amides is 4. The van der Waals surface area contributed by atoms with E-state index in [1.54, 1.807) is 28.0 Å². The molecule has 0 bridgehead atoms. The molecule has 1 aromatic rings. The maximum Gasteiger partial charge on any atom is 0.254 e. The van der Waals surface area contributed by atoms with Gasteiger partial charge in [0.25, 0.3) is 5.91 Å². The first kappa shape index (κ1) is 22.7. The largest absolute Gasteiger partial charge is 0.379 e. The molecule has 10 heteroatoms. The summed E-state index contributed by atoms with van der Waals surface area (Å²) >= 11 is 0. The van der Waals surface area contributed by atoms with Gasteiger partial charge in [0.15, 0.2) is 0 Å². The van der Waals surface area contributed by atoms with Crippen LogP contribution in [0.4, 0.5) is 11.4 Å². The van der Waals surface area contributed by atoms with Gasteiger partial charge in [0.05, 0.1) is 19.8 Å². The van der Waals surface area contributed by atoms with Crippen LogP contribution in [-0.2, 0) is 19.1 Å². The number of nitrogens with zero attached hydrogens (tertiary/aromatic N) is 3. The molecule has 0 aromatic heterocycles. The van der Waals surface area contributed by atoms with Gasteiger partial charge in [0.1, 0.15) is 0 Å². The van der Waals surface area contributed by atoms with Crippen LogP contribution in [0, 0.1) is 0 Å². The van der Waals surface area contributed by atoms with Crippen LogP contribution < -0.4 is 10.6 Å². The van der Waals surface area contributed by atoms with E-state index in [1.165, 1.54) is 13.8 Å². The van der Waals surface area contributed by atoms with E-state index in [1.807, 2.05) is 0 Å². The number of rotatable bonds is 5. The molecule has 10 nitrogen and oxygen atoms in total. The number of carbonyl (C=O) groups excluding carboxylic acids is 4. The van der Waals surface area contributed by atoms with Crippen molar-refractivity contribution in [3.63, 3.8) is 0 Å². The second kappa shape index (κ2) is 10.4. The fraction of sp³-hybridized carbons (Fsp3) is 0.524. The standard InChI is InChI=1S/C21H29N5O5/c1-15(27)22-18-11-17(12-19(13-18)23-16(2)28)21(30)26-5-3-25(4-6-26)20(29)14-24-7-9-31-10-8-24/h11-13H,3-10,14H2,1-2H3,(H,22,27)(H,23,28). The molecule has 168 valence electrons. The number of nitrogens with one attached hydrogen (secondary N) is 2. The number of ether oxygens (including phenoxy) is 1. The van der Waals surface area contributed by atoms with Gasteiger partial charge in [-0.15, -0.1) is 0 Å². The number of hydrogen-bond donors (Lipinski definition) is 2. The Balaban J connectivity index is 1.62. The van der Waals surface area contributed by atoms with Crippen LogP contribution in [-0.4, -0.2) is 97.4 Å². The molecule has 0 spiro atoms. The van der Waals surface area contributed by atoms with Gasteiger partial charge in [-0.25, -0.2) is 0 Å². The van der Waals surface area contributed by atoms with Crippen molar-refractivity contribution in [2.45, 2.75) is 13.8 Å². The summed E-state index contributed by atoms with van der Waals surface area (Å²) in [7, 11) is 0. The summed E-state index contributed by atoms with van der Waals surface area (Å²) in [5.41, 5.74) is 1.23. The van der Waals surface area contributed by atoms with Crippen molar-refractivity contribution in [2.75, 3.05) is 69.7 Å². The Labute approximate surface area is 181 Å². The molecule has 0 saturated carbocycles. The van der Waals surface area contributed by atoms with Crippen LogP contribution in [0.3, 0.4) is 0 Å². The second-order valence-electron chi connectivity index (χ2n) is 7.72. The minimum Gasteiger partial charge on any atom is -0.379 e. The van der Waals surface area contributed by atoms with E-state index >= 15 is 0 Å². The van der Waals surface area contributed by atoms with Crippen LogP contribution in [0.15, 0.2) is 18.2 Å². The lowest BCUT2D eigenvalue weighted by Crippen LogP contribution is -2.53. The average Bonchev–Trinajstić information content (AvgIpc) is 2.73. The molecule has 0 atom stereocenters. The molecule has 2 aliphatic heterocycles. The maximum absolute atomic E-state index is 13.0. The highest BCUT2D eigenvalue weighted by Gasteiger charge is 2.26. The van der Waals surface area contributed by atoms with E-state index in [9.17, 15) is 19.2 Å². The quantitative estimate of drug-likeness (QED) is 0.690. The fourth-order valence-electron chi connectivity index (χ4n) is 3.69. The van der Waals surface area contributed by atoms with E-state index in [0.717, 1.165) is 13.1 Å². The van der Waals surface area contributed by atoms with Gasteiger partial charge in [-0.1, -0.05) is 0 Å². The minimum absolute atomic E-state index is 0.0644. The molecule has 0 aliphatic carbocycles. The normalized spacial score (nSPS) is 17.2. The molecular formula is C21H29N5O5. The first-order valence-electron chi connectivity index (χ1n) is 10.4. The van der Waals surface area contributed by atoms with Crippen molar-refractivity contribution < 1.29 is 23.9 Å². The highest BCUT2D eigenvalue weighted by atomic mass is 16.5. The molecule has 3 rings (SSSR count). The summed E-state index contributed by atoms with van der Waals surface area (Å²) in [4.78, 5) is 54.0. The van der Waals surface area contributed by atoms with Crippen molar-refractivity contribution in [2.24, 2.45) is 0 Å². The second-order valence-corrected chi connectivity index (χ2v) is 7.72. The summed E-state index contributed by atoms with van der Waals surface area (Å²) in [6.07, 6.45) is 0. The van der Waals surface area contributed by atoms with E-state index in [-0.39, 0.29) is 23.6 Å². The van der Waals surface area contributed by atoms with Crippen molar-refractivity contribution in [3.8, 4) is 0 Å². The predicted molar refractivity (Wildman–Crippen MR) is 115 cm³/mol. The SMILES string of the molecule is CC(=O)Nc1cc(NC(C)=O)cc(C(=O)N2CCN(C(=O)CN3CCOCC3)CC2)c1. The smallest absolute Gasteiger partial charge is 0.254 e. The van der Waals surface area contributed by atoms with Gasteiger partial charge in [-0.2, -0.15) is 0 Å². The lowest BCUT2D eigenvalue weighted by molar-refractivity contribution is -0.134. The minimum atomic E-state index is -0.272. The van der Waals surface area contributed by atoms with Crippen LogP contribution in [0.2, 0.25) is 0 Å². The van der Waals surface area contributed by atoms with Gasteiger partial charge < -0.3 is 25.2 Å². The van der Waals surface area contributed by atoms with Gasteiger partial charge in [0.2, 0.25) is 17.7 Å². The molecular weight excluding hydrogens is 402 g/mol. The molecule has 4 amide bonds. The summed E-state index contributed by atoms with van der Waals surface area (Å²) in [5, 5.41) is 5.30. The van der Waals surface area contributed by atoms with E-state index in [4.69, 9.17) is 4.74 Å². The van der Waals surface area contributed by atoms with Gasteiger partial charge in [0, 0.05) is 70.1 Å². The Morgan fingerprint density at radius 1 is 0.806 bits per heavy atom. The highest BCUT2D eigenvalue weighted by molar-refractivity contribution is 6.00. The molecule has 31 heavy (non-hydrogen) atoms. The molecule has 2 N–H and O–H groups in total. The number of morpholine rings is 1. The number of benzene rings is 1. The zero-order valence-electron chi connectivity index (χ0n) is 18.0. The van der Waals surface area contributed by atoms with Crippen molar-refractivity contribution in [1.82, 2.24) is 14.7 Å². The first-order valence-corrected chi connectivity index (χ1v) is 10.4. The molecule has 1 aromatic carbocycles. The topological polar surface area (TPSA) is 111 Å². The zero-order chi connectivity index (χ0) is 22.4. The fourth-order valence-corrected chi connectivity index (χ4v) is 3.69. The summed E-state index contributed by atoms with van der Waals surface area (Å²) in [6.45, 7) is 7.71. The van der Waals surface area contributed by atoms with Crippen molar-refractivity contribution in [1.29, 1.82) is 0 Å². The predicted octanol–water partition coefficient (Wildman–Crippen LogP) is 0.220. The van der Waals surface area contributed by atoms with Crippen LogP contribution >= 0.6 is 0 Å². The highest BCUT2D eigenvalue weighted by Crippen LogP contribution is 2.21. The number of piperazine rings is 1. The van der Waals surface area contributed by atoms with Crippen LogP contribution in [0.1, 0.15) is 24.2 Å². The summed E-state index contributed by atoms with van der Waals surface area (Å²) < 4.78 is 5.31. The lowest BCUT2D eigenvalue weighted by Gasteiger charge is -2.36. The monoisotopic (exact) mass is 431 g/mol. The van der Waals surface area contributed by atoms with Crippen molar-refractivity contribution in [3.05, 3.63) is 23.8 Å². The Hall–Kier alpha value is -2.98. The summed E-state index contributed by atoms with van der Waals surface area (Å²) in [5.74, 6) is -0.690. The molecule has 2 heterocycles. The Kier molecular flexibility index (Phi) is 7.59. The zero-order valence-corrected chi connectivity index (χ0v) is 18.0. The van der Waals surface area contributed by atoms with Gasteiger partial charge in [-0.05, 0) is 18.2 Å². The third-order valence-electron chi connectivity index (χ3n) is 5.20. The maximum atomic E-state index is 13.0. The van der Waals surface area contributed by atoms with Gasteiger partial charge in [-0.3, -0.25) is 24.1 Å². The molecule has 2 fully saturated rings. The van der Waals surface area contributed by atoms with Crippen LogP contribution in [0.5, 0.6) is 0 Å². The third-order valence-corrected chi connectivity index (χ3v) is 5.20. The average molecular weight is 431 g/mol. The third kappa shape index (κ3) is 6.50. The van der Waals surface area contributed by atoms with Crippen molar-refractivity contribution >= 4 is 35.0 Å². The molecule has 2 saturated heterocycles. The number of carbonyl (C=O) groups is 4. The molecule has 0 radical (unpaired) electrons. The van der Waals surface area contributed by atoms with Crippen LogP contribution in [0.25, 0.3) is 0 Å². The Morgan fingerprint density at radius 3 is 1.84 bits per heavy atom. The Morgan fingerprint density at radius 2 is 1.32 bits per heavy atom. The van der Waals surface area contributed by atoms with E-state index < -0.39 is 0 Å². The Bertz CT molecular complexity index is 810. The molecule has 0 unspecified atom stereocenters. The van der Waals surface area contributed by atoms with Gasteiger partial charge >= 0.3 is 0 Å².